The van der Waals surface area contributed by atoms with Gasteiger partial charge in [0, 0.05) is 45.8 Å². The molecule has 110 valence electrons. The SMILES string of the molecule is COCCNCc1cn(CCN2C(=O)CCC2=O)nn1. The summed E-state index contributed by atoms with van der Waals surface area (Å²) in [4.78, 5) is 24.2. The topological polar surface area (TPSA) is 89.4 Å². The van der Waals surface area contributed by atoms with Crippen LogP contribution in [0.4, 0.5) is 0 Å². The number of rotatable bonds is 8. The molecule has 0 unspecified atom stereocenters. The Morgan fingerprint density at radius 2 is 2.05 bits per heavy atom. The van der Waals surface area contributed by atoms with E-state index in [0.29, 0.717) is 39.1 Å². The minimum atomic E-state index is -0.100. The zero-order valence-electron chi connectivity index (χ0n) is 11.5. The van der Waals surface area contributed by atoms with Gasteiger partial charge in [0.1, 0.15) is 0 Å². The van der Waals surface area contributed by atoms with E-state index in [2.05, 4.69) is 15.6 Å². The van der Waals surface area contributed by atoms with Gasteiger partial charge in [-0.15, -0.1) is 5.10 Å². The molecule has 0 radical (unpaired) electrons. The molecule has 1 fully saturated rings. The van der Waals surface area contributed by atoms with E-state index in [1.807, 2.05) is 6.20 Å². The number of aromatic nitrogens is 3. The van der Waals surface area contributed by atoms with Gasteiger partial charge in [-0.2, -0.15) is 0 Å². The zero-order valence-corrected chi connectivity index (χ0v) is 11.5. The fraction of sp³-hybridized carbons (Fsp3) is 0.667. The van der Waals surface area contributed by atoms with Crippen LogP contribution in [0.15, 0.2) is 6.20 Å². The van der Waals surface area contributed by atoms with Crippen molar-refractivity contribution in [3.8, 4) is 0 Å². The third-order valence-electron chi connectivity index (χ3n) is 3.08. The molecule has 2 rings (SSSR count). The van der Waals surface area contributed by atoms with Gasteiger partial charge in [-0.25, -0.2) is 0 Å². The number of likely N-dealkylation sites (tertiary alicyclic amines) is 1. The lowest BCUT2D eigenvalue weighted by Gasteiger charge is -2.12. The number of methoxy groups -OCH3 is 1. The van der Waals surface area contributed by atoms with Crippen molar-refractivity contribution in [2.24, 2.45) is 0 Å². The second kappa shape index (κ2) is 7.11. The molecule has 2 heterocycles. The van der Waals surface area contributed by atoms with Gasteiger partial charge in [-0.1, -0.05) is 5.21 Å². The molecule has 20 heavy (non-hydrogen) atoms. The van der Waals surface area contributed by atoms with Crippen LogP contribution < -0.4 is 5.32 Å². The summed E-state index contributed by atoms with van der Waals surface area (Å²) in [7, 11) is 1.65. The second-order valence-electron chi connectivity index (χ2n) is 4.58. The first-order chi connectivity index (χ1) is 9.70. The first kappa shape index (κ1) is 14.6. The fourth-order valence-electron chi connectivity index (χ4n) is 1.99. The average Bonchev–Trinajstić information content (AvgIpc) is 3.01. The molecule has 2 amide bonds. The lowest BCUT2D eigenvalue weighted by Crippen LogP contribution is -2.32. The normalized spacial score (nSPS) is 15.3. The van der Waals surface area contributed by atoms with Crippen molar-refractivity contribution < 1.29 is 14.3 Å². The van der Waals surface area contributed by atoms with E-state index in [1.54, 1.807) is 11.8 Å². The van der Waals surface area contributed by atoms with Gasteiger partial charge in [-0.05, 0) is 0 Å². The number of hydrogen-bond donors (Lipinski definition) is 1. The van der Waals surface area contributed by atoms with E-state index in [4.69, 9.17) is 4.74 Å². The van der Waals surface area contributed by atoms with Gasteiger partial charge >= 0.3 is 0 Å². The molecular weight excluding hydrogens is 262 g/mol. The van der Waals surface area contributed by atoms with Gasteiger partial charge in [0.2, 0.25) is 11.8 Å². The molecule has 0 aromatic carbocycles. The highest BCUT2D eigenvalue weighted by Crippen LogP contribution is 2.11. The molecule has 1 aliphatic rings. The number of hydrogen-bond acceptors (Lipinski definition) is 6. The zero-order chi connectivity index (χ0) is 14.4. The van der Waals surface area contributed by atoms with Crippen LogP contribution in [0.25, 0.3) is 0 Å². The quantitative estimate of drug-likeness (QED) is 0.494. The molecule has 0 saturated carbocycles. The summed E-state index contributed by atoms with van der Waals surface area (Å²) >= 11 is 0. The number of ether oxygens (including phenoxy) is 1. The Morgan fingerprint density at radius 1 is 1.30 bits per heavy atom. The van der Waals surface area contributed by atoms with Crippen molar-refractivity contribution in [1.82, 2.24) is 25.2 Å². The Labute approximate surface area is 117 Å². The predicted molar refractivity (Wildman–Crippen MR) is 69.6 cm³/mol. The van der Waals surface area contributed by atoms with Crippen LogP contribution in [0.2, 0.25) is 0 Å². The maximum atomic E-state index is 11.5. The van der Waals surface area contributed by atoms with E-state index < -0.39 is 0 Å². The van der Waals surface area contributed by atoms with E-state index in [0.717, 1.165) is 12.2 Å². The molecule has 0 atom stereocenters. The summed E-state index contributed by atoms with van der Waals surface area (Å²) in [6.45, 7) is 2.85. The molecule has 0 spiro atoms. The fourth-order valence-corrected chi connectivity index (χ4v) is 1.99. The monoisotopic (exact) mass is 281 g/mol. The van der Waals surface area contributed by atoms with Gasteiger partial charge in [0.05, 0.1) is 18.8 Å². The van der Waals surface area contributed by atoms with Crippen molar-refractivity contribution in [3.05, 3.63) is 11.9 Å². The lowest BCUT2D eigenvalue weighted by molar-refractivity contribution is -0.138. The molecule has 8 heteroatoms. The van der Waals surface area contributed by atoms with Crippen molar-refractivity contribution in [2.45, 2.75) is 25.9 Å². The van der Waals surface area contributed by atoms with Crippen LogP contribution in [-0.4, -0.2) is 58.5 Å². The van der Waals surface area contributed by atoms with Crippen molar-refractivity contribution in [2.75, 3.05) is 26.8 Å². The van der Waals surface area contributed by atoms with Crippen molar-refractivity contribution in [3.63, 3.8) is 0 Å². The van der Waals surface area contributed by atoms with E-state index in [9.17, 15) is 9.59 Å². The Bertz CT molecular complexity index is 457. The van der Waals surface area contributed by atoms with Gasteiger partial charge < -0.3 is 10.1 Å². The van der Waals surface area contributed by atoms with Crippen molar-refractivity contribution in [1.29, 1.82) is 0 Å². The lowest BCUT2D eigenvalue weighted by atomic mass is 10.4. The Morgan fingerprint density at radius 3 is 2.75 bits per heavy atom. The number of carbonyl (C=O) groups excluding carboxylic acids is 2. The summed E-state index contributed by atoms with van der Waals surface area (Å²) < 4.78 is 6.57. The average molecular weight is 281 g/mol. The second-order valence-corrected chi connectivity index (χ2v) is 4.58. The molecule has 1 N–H and O–H groups in total. The molecular formula is C12H19N5O3. The maximum absolute atomic E-state index is 11.5. The highest BCUT2D eigenvalue weighted by molar-refractivity contribution is 6.01. The van der Waals surface area contributed by atoms with Crippen LogP contribution in [0.3, 0.4) is 0 Å². The highest BCUT2D eigenvalue weighted by Gasteiger charge is 2.28. The molecule has 0 bridgehead atoms. The maximum Gasteiger partial charge on any atom is 0.229 e. The van der Waals surface area contributed by atoms with Crippen LogP contribution in [0.1, 0.15) is 18.5 Å². The predicted octanol–water partition coefficient (Wildman–Crippen LogP) is -0.837. The van der Waals surface area contributed by atoms with E-state index in [-0.39, 0.29) is 11.8 Å². The Balaban J connectivity index is 1.75. The minimum absolute atomic E-state index is 0.100. The molecule has 1 aliphatic heterocycles. The largest absolute Gasteiger partial charge is 0.383 e. The summed E-state index contributed by atoms with van der Waals surface area (Å²) in [5.74, 6) is -0.201. The van der Waals surface area contributed by atoms with Crippen LogP contribution in [0, 0.1) is 0 Å². The number of nitrogens with zero attached hydrogens (tertiary/aromatic N) is 4. The highest BCUT2D eigenvalue weighted by atomic mass is 16.5. The Hall–Kier alpha value is -1.80. The molecule has 1 saturated heterocycles. The summed E-state index contributed by atoms with van der Waals surface area (Å²) in [5, 5.41) is 11.2. The number of nitrogens with one attached hydrogen (secondary N) is 1. The standard InChI is InChI=1S/C12H19N5O3/c1-20-7-4-13-8-10-9-16(15-14-10)5-6-17-11(18)2-3-12(17)19/h9,13H,2-8H2,1H3. The van der Waals surface area contributed by atoms with E-state index in [1.165, 1.54) is 4.90 Å². The number of amides is 2. The third kappa shape index (κ3) is 3.84. The van der Waals surface area contributed by atoms with Crippen LogP contribution >= 0.6 is 0 Å². The smallest absolute Gasteiger partial charge is 0.229 e. The summed E-state index contributed by atoms with van der Waals surface area (Å²) in [6.07, 6.45) is 2.46. The van der Waals surface area contributed by atoms with Crippen molar-refractivity contribution >= 4 is 11.8 Å². The Kier molecular flexibility index (Phi) is 5.19. The third-order valence-corrected chi connectivity index (χ3v) is 3.08. The molecule has 1 aromatic heterocycles. The molecule has 1 aromatic rings. The summed E-state index contributed by atoms with van der Waals surface area (Å²) in [5.41, 5.74) is 0.820. The summed E-state index contributed by atoms with van der Waals surface area (Å²) in [6, 6.07) is 0. The first-order valence-electron chi connectivity index (χ1n) is 6.62. The first-order valence-corrected chi connectivity index (χ1v) is 6.62. The molecule has 0 aliphatic carbocycles. The van der Waals surface area contributed by atoms with Gasteiger partial charge in [-0.3, -0.25) is 19.2 Å². The number of carbonyl (C=O) groups is 2. The molecule has 8 nitrogen and oxygen atoms in total. The minimum Gasteiger partial charge on any atom is -0.383 e. The van der Waals surface area contributed by atoms with Crippen LogP contribution in [-0.2, 0) is 27.4 Å². The van der Waals surface area contributed by atoms with E-state index >= 15 is 0 Å². The van der Waals surface area contributed by atoms with Gasteiger partial charge in [0.25, 0.3) is 0 Å². The van der Waals surface area contributed by atoms with Gasteiger partial charge in [0.15, 0.2) is 0 Å². The number of imide groups is 1. The van der Waals surface area contributed by atoms with Crippen LogP contribution in [0.5, 0.6) is 0 Å².